The third-order valence-electron chi connectivity index (χ3n) is 3.38. The number of carbonyl (C=O) groups excluding carboxylic acids is 1. The predicted molar refractivity (Wildman–Crippen MR) is 74.0 cm³/mol. The molecule has 0 spiro atoms. The number of hydrogen-bond acceptors (Lipinski definition) is 3. The van der Waals surface area contributed by atoms with Crippen LogP contribution in [-0.4, -0.2) is 41.6 Å². The second-order valence-corrected chi connectivity index (χ2v) is 5.30. The summed E-state index contributed by atoms with van der Waals surface area (Å²) in [5.41, 5.74) is 0.857. The number of hydrogen-bond donors (Lipinski definition) is 1. The van der Waals surface area contributed by atoms with Gasteiger partial charge in [-0.15, -0.1) is 0 Å². The lowest BCUT2D eigenvalue weighted by atomic mass is 10.1. The minimum Gasteiger partial charge on any atom is -0.483 e. The fourth-order valence-electron chi connectivity index (χ4n) is 2.19. The van der Waals surface area contributed by atoms with E-state index in [1.807, 2.05) is 6.92 Å². The molecule has 1 amide bonds. The van der Waals surface area contributed by atoms with Gasteiger partial charge in [0, 0.05) is 18.1 Å². The van der Waals surface area contributed by atoms with Gasteiger partial charge in [-0.2, -0.15) is 0 Å². The molecule has 1 saturated heterocycles. The van der Waals surface area contributed by atoms with Crippen molar-refractivity contribution in [2.75, 3.05) is 19.7 Å². The third kappa shape index (κ3) is 3.42. The fourth-order valence-corrected chi connectivity index (χ4v) is 2.42. The highest BCUT2D eigenvalue weighted by molar-refractivity contribution is 6.30. The fraction of sp³-hybridized carbons (Fsp3) is 0.429. The lowest BCUT2D eigenvalue weighted by Crippen LogP contribution is -2.33. The second kappa shape index (κ2) is 6.13. The van der Waals surface area contributed by atoms with Crippen molar-refractivity contribution < 1.29 is 19.4 Å². The van der Waals surface area contributed by atoms with Crippen molar-refractivity contribution in [2.24, 2.45) is 5.92 Å². The van der Waals surface area contributed by atoms with E-state index in [4.69, 9.17) is 21.4 Å². The van der Waals surface area contributed by atoms with Crippen LogP contribution in [0.15, 0.2) is 18.2 Å². The molecule has 1 heterocycles. The number of likely N-dealkylation sites (tertiary alicyclic amines) is 1. The van der Waals surface area contributed by atoms with Gasteiger partial charge in [0.05, 0.1) is 5.92 Å². The summed E-state index contributed by atoms with van der Waals surface area (Å²) in [6, 6.07) is 5.18. The molecule has 1 N–H and O–H groups in total. The number of aryl methyl sites for hydroxylation is 1. The number of nitrogens with zero attached hydrogens (tertiary/aromatic N) is 1. The van der Waals surface area contributed by atoms with E-state index < -0.39 is 11.9 Å². The van der Waals surface area contributed by atoms with Crippen LogP contribution in [0.3, 0.4) is 0 Å². The van der Waals surface area contributed by atoms with Gasteiger partial charge in [0.25, 0.3) is 5.91 Å². The lowest BCUT2D eigenvalue weighted by molar-refractivity contribution is -0.141. The van der Waals surface area contributed by atoms with Crippen LogP contribution in [0.1, 0.15) is 12.0 Å². The molecule has 1 aliphatic heterocycles. The van der Waals surface area contributed by atoms with Crippen LogP contribution in [0.5, 0.6) is 5.75 Å². The van der Waals surface area contributed by atoms with Crippen LogP contribution in [0.2, 0.25) is 5.02 Å². The van der Waals surface area contributed by atoms with Gasteiger partial charge in [-0.3, -0.25) is 9.59 Å². The van der Waals surface area contributed by atoms with Crippen molar-refractivity contribution in [3.63, 3.8) is 0 Å². The first-order valence-corrected chi connectivity index (χ1v) is 6.74. The normalized spacial score (nSPS) is 18.1. The zero-order chi connectivity index (χ0) is 14.7. The summed E-state index contributed by atoms with van der Waals surface area (Å²) in [6.45, 7) is 2.49. The molecule has 0 radical (unpaired) electrons. The van der Waals surface area contributed by atoms with E-state index >= 15 is 0 Å². The summed E-state index contributed by atoms with van der Waals surface area (Å²) in [5, 5.41) is 9.52. The number of carboxylic acids is 1. The molecule has 0 bridgehead atoms. The average molecular weight is 298 g/mol. The van der Waals surface area contributed by atoms with E-state index in [0.29, 0.717) is 23.7 Å². The number of aliphatic carboxylic acids is 1. The van der Waals surface area contributed by atoms with Gasteiger partial charge in [0.15, 0.2) is 6.61 Å². The van der Waals surface area contributed by atoms with E-state index in [9.17, 15) is 9.59 Å². The van der Waals surface area contributed by atoms with Crippen LogP contribution in [-0.2, 0) is 9.59 Å². The second-order valence-electron chi connectivity index (χ2n) is 4.86. The minimum atomic E-state index is -0.852. The van der Waals surface area contributed by atoms with Crippen molar-refractivity contribution in [1.29, 1.82) is 0 Å². The van der Waals surface area contributed by atoms with Gasteiger partial charge >= 0.3 is 5.97 Å². The van der Waals surface area contributed by atoms with E-state index in [-0.39, 0.29) is 19.1 Å². The number of rotatable bonds is 4. The Kier molecular flexibility index (Phi) is 4.49. The largest absolute Gasteiger partial charge is 0.483 e. The summed E-state index contributed by atoms with van der Waals surface area (Å²) in [5.74, 6) is -0.897. The van der Waals surface area contributed by atoms with Gasteiger partial charge in [-0.25, -0.2) is 0 Å². The van der Waals surface area contributed by atoms with Gasteiger partial charge in [0.1, 0.15) is 5.75 Å². The molecule has 1 fully saturated rings. The van der Waals surface area contributed by atoms with Crippen LogP contribution in [0.4, 0.5) is 0 Å². The van der Waals surface area contributed by atoms with Crippen molar-refractivity contribution in [3.8, 4) is 5.75 Å². The maximum Gasteiger partial charge on any atom is 0.308 e. The zero-order valence-corrected chi connectivity index (χ0v) is 11.9. The van der Waals surface area contributed by atoms with Gasteiger partial charge < -0.3 is 14.7 Å². The highest BCUT2D eigenvalue weighted by atomic mass is 35.5. The summed E-state index contributed by atoms with van der Waals surface area (Å²) in [4.78, 5) is 24.3. The SMILES string of the molecule is Cc1cc(Cl)ccc1OCC(=O)N1CC[C@@H](C(=O)O)C1. The molecule has 108 valence electrons. The highest BCUT2D eigenvalue weighted by Crippen LogP contribution is 2.22. The van der Waals surface area contributed by atoms with Crippen LogP contribution in [0.25, 0.3) is 0 Å². The first kappa shape index (κ1) is 14.7. The summed E-state index contributed by atoms with van der Waals surface area (Å²) in [6.07, 6.45) is 0.501. The predicted octanol–water partition coefficient (Wildman–Crippen LogP) is 1.96. The molecule has 0 saturated carbocycles. The summed E-state index contributed by atoms with van der Waals surface area (Å²) >= 11 is 5.84. The molecule has 5 nitrogen and oxygen atoms in total. The van der Waals surface area contributed by atoms with E-state index in [1.165, 1.54) is 4.90 Å². The quantitative estimate of drug-likeness (QED) is 0.922. The molecule has 0 aliphatic carbocycles. The molecule has 1 aliphatic rings. The standard InChI is InChI=1S/C14H16ClNO4/c1-9-6-11(15)2-3-12(9)20-8-13(17)16-5-4-10(7-16)14(18)19/h2-3,6,10H,4-5,7-8H2,1H3,(H,18,19)/t10-/m1/s1. The number of carbonyl (C=O) groups is 2. The first-order valence-electron chi connectivity index (χ1n) is 6.37. The maximum atomic E-state index is 11.9. The summed E-state index contributed by atoms with van der Waals surface area (Å²) < 4.78 is 5.46. The first-order chi connectivity index (χ1) is 9.47. The van der Waals surface area contributed by atoms with Gasteiger partial charge in [0.2, 0.25) is 0 Å². The number of benzene rings is 1. The molecule has 6 heteroatoms. The highest BCUT2D eigenvalue weighted by Gasteiger charge is 2.30. The Bertz CT molecular complexity index is 532. The van der Waals surface area contributed by atoms with Crippen molar-refractivity contribution >= 4 is 23.5 Å². The van der Waals surface area contributed by atoms with Crippen LogP contribution in [0, 0.1) is 12.8 Å². The topological polar surface area (TPSA) is 66.8 Å². The van der Waals surface area contributed by atoms with Gasteiger partial charge in [-0.1, -0.05) is 11.6 Å². The molecule has 1 aromatic rings. The van der Waals surface area contributed by atoms with Crippen LogP contribution < -0.4 is 4.74 Å². The molecule has 0 unspecified atom stereocenters. The smallest absolute Gasteiger partial charge is 0.308 e. The molecule has 0 aromatic heterocycles. The van der Waals surface area contributed by atoms with Crippen LogP contribution >= 0.6 is 11.6 Å². The molecule has 1 atom stereocenters. The Hall–Kier alpha value is -1.75. The lowest BCUT2D eigenvalue weighted by Gasteiger charge is -2.16. The Labute approximate surface area is 122 Å². The number of carboxylic acid groups (broad SMARTS) is 1. The monoisotopic (exact) mass is 297 g/mol. The number of halogens is 1. The maximum absolute atomic E-state index is 11.9. The van der Waals surface area contributed by atoms with Crippen molar-refractivity contribution in [2.45, 2.75) is 13.3 Å². The Morgan fingerprint density at radius 1 is 1.50 bits per heavy atom. The van der Waals surface area contributed by atoms with E-state index in [0.717, 1.165) is 5.56 Å². The number of ether oxygens (including phenoxy) is 1. The molecule has 1 aromatic carbocycles. The van der Waals surface area contributed by atoms with Crippen molar-refractivity contribution in [1.82, 2.24) is 4.90 Å². The Morgan fingerprint density at radius 2 is 2.25 bits per heavy atom. The Morgan fingerprint density at radius 3 is 2.85 bits per heavy atom. The third-order valence-corrected chi connectivity index (χ3v) is 3.61. The molecular formula is C14H16ClNO4. The minimum absolute atomic E-state index is 0.0885. The van der Waals surface area contributed by atoms with E-state index in [1.54, 1.807) is 18.2 Å². The molecule has 20 heavy (non-hydrogen) atoms. The summed E-state index contributed by atoms with van der Waals surface area (Å²) in [7, 11) is 0. The molecule has 2 rings (SSSR count). The van der Waals surface area contributed by atoms with E-state index in [2.05, 4.69) is 0 Å². The number of amides is 1. The van der Waals surface area contributed by atoms with Gasteiger partial charge in [-0.05, 0) is 37.1 Å². The van der Waals surface area contributed by atoms with Crippen molar-refractivity contribution in [3.05, 3.63) is 28.8 Å². The molecular weight excluding hydrogens is 282 g/mol. The Balaban J connectivity index is 1.88. The zero-order valence-electron chi connectivity index (χ0n) is 11.1. The average Bonchev–Trinajstić information content (AvgIpc) is 2.87.